The first kappa shape index (κ1) is 11.6. The van der Waals surface area contributed by atoms with Crippen molar-refractivity contribution in [1.82, 2.24) is 0 Å². The van der Waals surface area contributed by atoms with E-state index < -0.39 is 0 Å². The molecule has 16 heavy (non-hydrogen) atoms. The molecule has 0 saturated carbocycles. The summed E-state index contributed by atoms with van der Waals surface area (Å²) in [4.78, 5) is 2.75. The van der Waals surface area contributed by atoms with Crippen LogP contribution in [-0.4, -0.2) is 12.8 Å². The minimum absolute atomic E-state index is 0.999. The van der Waals surface area contributed by atoms with Gasteiger partial charge in [0.25, 0.3) is 0 Å². The van der Waals surface area contributed by atoms with Gasteiger partial charge in [0.2, 0.25) is 0 Å². The highest BCUT2D eigenvalue weighted by Crippen LogP contribution is 2.17. The molecule has 0 aliphatic rings. The first-order valence-electron chi connectivity index (χ1n) is 5.29. The summed E-state index contributed by atoms with van der Waals surface area (Å²) < 4.78 is 0. The Morgan fingerprint density at radius 1 is 1.19 bits per heavy atom. The Kier molecular flexibility index (Phi) is 4.31. The van der Waals surface area contributed by atoms with Crippen LogP contribution in [0.2, 0.25) is 0 Å². The molecular weight excluding hydrogens is 234 g/mol. The summed E-state index contributed by atoms with van der Waals surface area (Å²) >= 11 is 3.59. The largest absolute Gasteiger partial charge is 0.385 e. The van der Waals surface area contributed by atoms with Gasteiger partial charge in [-0.25, -0.2) is 0 Å². The topological polar surface area (TPSA) is 12.0 Å². The van der Waals surface area contributed by atoms with Crippen molar-refractivity contribution < 1.29 is 0 Å². The molecule has 1 N–H and O–H groups in total. The van der Waals surface area contributed by atoms with Crippen LogP contribution in [0.3, 0.4) is 0 Å². The number of benzene rings is 1. The second-order valence-corrected chi connectivity index (χ2v) is 5.40. The molecule has 0 fully saturated rings. The zero-order valence-electron chi connectivity index (χ0n) is 9.27. The van der Waals surface area contributed by atoms with Crippen molar-refractivity contribution >= 4 is 28.8 Å². The molecule has 0 saturated heterocycles. The van der Waals surface area contributed by atoms with Gasteiger partial charge in [-0.15, -0.1) is 23.1 Å². The Morgan fingerprint density at radius 3 is 2.62 bits per heavy atom. The summed E-state index contributed by atoms with van der Waals surface area (Å²) in [5.41, 5.74) is 1.20. The highest BCUT2D eigenvalue weighted by Gasteiger charge is 1.95. The second kappa shape index (κ2) is 5.97. The van der Waals surface area contributed by atoms with Crippen LogP contribution in [0.25, 0.3) is 0 Å². The van der Waals surface area contributed by atoms with Gasteiger partial charge in [-0.1, -0.05) is 6.07 Å². The van der Waals surface area contributed by atoms with Crippen LogP contribution in [0, 0.1) is 0 Å². The van der Waals surface area contributed by atoms with E-state index in [1.54, 1.807) is 11.8 Å². The van der Waals surface area contributed by atoms with E-state index in [9.17, 15) is 0 Å². The van der Waals surface area contributed by atoms with Gasteiger partial charge >= 0.3 is 0 Å². The minimum atomic E-state index is 0.999. The van der Waals surface area contributed by atoms with E-state index >= 15 is 0 Å². The Morgan fingerprint density at radius 2 is 2.00 bits per heavy atom. The van der Waals surface area contributed by atoms with Crippen molar-refractivity contribution in [3.05, 3.63) is 46.7 Å². The standard InChI is InChI=1S/C13H15NS2/c1-15-12-6-4-11(5-7-12)14-9-8-13-3-2-10-16-13/h2-7,10,14H,8-9H2,1H3. The summed E-state index contributed by atoms with van der Waals surface area (Å²) in [5.74, 6) is 0. The number of anilines is 1. The average molecular weight is 249 g/mol. The molecule has 1 heterocycles. The van der Waals surface area contributed by atoms with Gasteiger partial charge in [0.1, 0.15) is 0 Å². The molecule has 1 aromatic heterocycles. The normalized spacial score (nSPS) is 10.3. The molecule has 0 atom stereocenters. The highest BCUT2D eigenvalue weighted by atomic mass is 32.2. The summed E-state index contributed by atoms with van der Waals surface area (Å²) in [7, 11) is 0. The smallest absolute Gasteiger partial charge is 0.0341 e. The van der Waals surface area contributed by atoms with Gasteiger partial charge in [0.05, 0.1) is 0 Å². The van der Waals surface area contributed by atoms with Crippen molar-refractivity contribution in [1.29, 1.82) is 0 Å². The SMILES string of the molecule is CSc1ccc(NCCc2cccs2)cc1. The molecule has 2 rings (SSSR count). The van der Waals surface area contributed by atoms with E-state index in [1.165, 1.54) is 15.5 Å². The lowest BCUT2D eigenvalue weighted by Gasteiger charge is -2.05. The van der Waals surface area contributed by atoms with Crippen LogP contribution in [0.5, 0.6) is 0 Å². The summed E-state index contributed by atoms with van der Waals surface area (Å²) in [6, 6.07) is 12.9. The van der Waals surface area contributed by atoms with E-state index in [4.69, 9.17) is 0 Å². The van der Waals surface area contributed by atoms with Crippen LogP contribution >= 0.6 is 23.1 Å². The lowest BCUT2D eigenvalue weighted by atomic mass is 10.3. The molecule has 0 amide bonds. The van der Waals surface area contributed by atoms with Crippen LogP contribution in [0.4, 0.5) is 5.69 Å². The van der Waals surface area contributed by atoms with Gasteiger partial charge in [0.15, 0.2) is 0 Å². The van der Waals surface area contributed by atoms with Gasteiger partial charge in [0, 0.05) is 22.0 Å². The van der Waals surface area contributed by atoms with E-state index in [0.29, 0.717) is 0 Å². The maximum absolute atomic E-state index is 3.43. The molecule has 2 aromatic rings. The van der Waals surface area contributed by atoms with Crippen molar-refractivity contribution in [2.24, 2.45) is 0 Å². The Bertz CT molecular complexity index is 406. The Labute approximate surface area is 105 Å². The fraction of sp³-hybridized carbons (Fsp3) is 0.231. The number of thioether (sulfide) groups is 1. The molecule has 84 valence electrons. The molecule has 1 aromatic carbocycles. The number of nitrogens with one attached hydrogen (secondary N) is 1. The van der Waals surface area contributed by atoms with E-state index in [-0.39, 0.29) is 0 Å². The van der Waals surface area contributed by atoms with E-state index in [1.807, 2.05) is 11.3 Å². The molecule has 0 aliphatic carbocycles. The van der Waals surface area contributed by atoms with Crippen molar-refractivity contribution in [3.63, 3.8) is 0 Å². The van der Waals surface area contributed by atoms with Gasteiger partial charge in [-0.3, -0.25) is 0 Å². The second-order valence-electron chi connectivity index (χ2n) is 3.48. The molecule has 0 unspecified atom stereocenters. The molecule has 1 nitrogen and oxygen atoms in total. The van der Waals surface area contributed by atoms with Crippen LogP contribution in [0.15, 0.2) is 46.7 Å². The number of hydrogen-bond donors (Lipinski definition) is 1. The first-order chi connectivity index (χ1) is 7.88. The lowest BCUT2D eigenvalue weighted by molar-refractivity contribution is 1.04. The van der Waals surface area contributed by atoms with Crippen LogP contribution in [-0.2, 0) is 6.42 Å². The van der Waals surface area contributed by atoms with Gasteiger partial charge < -0.3 is 5.32 Å². The zero-order valence-corrected chi connectivity index (χ0v) is 10.9. The third kappa shape index (κ3) is 3.29. The number of thiophene rings is 1. The average Bonchev–Trinajstić information content (AvgIpc) is 2.83. The molecule has 0 aliphatic heterocycles. The summed E-state index contributed by atoms with van der Waals surface area (Å²) in [5, 5.41) is 5.56. The molecular formula is C13H15NS2. The first-order valence-corrected chi connectivity index (χ1v) is 7.39. The Balaban J connectivity index is 1.81. The summed E-state index contributed by atoms with van der Waals surface area (Å²) in [6.45, 7) is 0.999. The van der Waals surface area contributed by atoms with E-state index in [0.717, 1.165) is 13.0 Å². The predicted molar refractivity (Wildman–Crippen MR) is 74.7 cm³/mol. The quantitative estimate of drug-likeness (QED) is 0.800. The lowest BCUT2D eigenvalue weighted by Crippen LogP contribution is -2.03. The molecule has 3 heteroatoms. The third-order valence-electron chi connectivity index (χ3n) is 2.37. The predicted octanol–water partition coefficient (Wildman–Crippen LogP) is 4.12. The summed E-state index contributed by atoms with van der Waals surface area (Å²) in [6.07, 6.45) is 3.20. The zero-order chi connectivity index (χ0) is 11.2. The van der Waals surface area contributed by atoms with Crippen molar-refractivity contribution in [2.45, 2.75) is 11.3 Å². The third-order valence-corrected chi connectivity index (χ3v) is 4.05. The number of rotatable bonds is 5. The van der Waals surface area contributed by atoms with Gasteiger partial charge in [-0.05, 0) is 48.4 Å². The monoisotopic (exact) mass is 249 g/mol. The number of hydrogen-bond acceptors (Lipinski definition) is 3. The van der Waals surface area contributed by atoms with Crippen LogP contribution < -0.4 is 5.32 Å². The van der Waals surface area contributed by atoms with Crippen LogP contribution in [0.1, 0.15) is 4.88 Å². The maximum atomic E-state index is 3.43. The minimum Gasteiger partial charge on any atom is -0.385 e. The van der Waals surface area contributed by atoms with E-state index in [2.05, 4.69) is 53.4 Å². The fourth-order valence-electron chi connectivity index (χ4n) is 1.49. The highest BCUT2D eigenvalue weighted by molar-refractivity contribution is 7.98. The Hall–Kier alpha value is -0.930. The molecule has 0 radical (unpaired) electrons. The van der Waals surface area contributed by atoms with Crippen molar-refractivity contribution in [2.75, 3.05) is 18.1 Å². The van der Waals surface area contributed by atoms with Gasteiger partial charge in [-0.2, -0.15) is 0 Å². The fourth-order valence-corrected chi connectivity index (χ4v) is 2.61. The molecule has 0 bridgehead atoms. The maximum Gasteiger partial charge on any atom is 0.0341 e. The molecule has 0 spiro atoms. The van der Waals surface area contributed by atoms with Crippen molar-refractivity contribution in [3.8, 4) is 0 Å².